The lowest BCUT2D eigenvalue weighted by atomic mass is 10.0. The third-order valence-electron chi connectivity index (χ3n) is 3.30. The summed E-state index contributed by atoms with van der Waals surface area (Å²) in [5, 5.41) is 0. The van der Waals surface area contributed by atoms with Gasteiger partial charge in [0.1, 0.15) is 0 Å². The molecule has 1 heterocycles. The van der Waals surface area contributed by atoms with Crippen LogP contribution in [0.2, 0.25) is 0 Å². The molecular weight excluding hydrogens is 206 g/mol. The zero-order chi connectivity index (χ0) is 12.5. The number of aryl methyl sites for hydroxylation is 1. The van der Waals surface area contributed by atoms with Crippen molar-refractivity contribution in [2.24, 2.45) is 0 Å². The second kappa shape index (κ2) is 8.27. The normalized spacial score (nSPS) is 11.1. The van der Waals surface area contributed by atoms with Gasteiger partial charge in [-0.05, 0) is 30.4 Å². The number of hydrogen-bond donors (Lipinski definition) is 0. The topological polar surface area (TPSA) is 12.9 Å². The molecule has 0 radical (unpaired) electrons. The van der Waals surface area contributed by atoms with E-state index in [1.807, 2.05) is 6.20 Å². The Kier molecular flexibility index (Phi) is 6.91. The summed E-state index contributed by atoms with van der Waals surface area (Å²) >= 11 is 0. The first-order valence-electron chi connectivity index (χ1n) is 7.19. The highest BCUT2D eigenvalue weighted by molar-refractivity contribution is 5.17. The van der Waals surface area contributed by atoms with Crippen LogP contribution in [0.15, 0.2) is 18.3 Å². The zero-order valence-electron chi connectivity index (χ0n) is 11.7. The summed E-state index contributed by atoms with van der Waals surface area (Å²) in [4.78, 5) is 4.53. The SMILES string of the molecule is CCCCCCCCc1ccc(C(C)C)cn1. The van der Waals surface area contributed by atoms with Crippen molar-refractivity contribution in [3.05, 3.63) is 29.6 Å². The first-order chi connectivity index (χ1) is 8.24. The standard InChI is InChI=1S/C16H27N/c1-4-5-6-7-8-9-10-16-12-11-15(13-17-16)14(2)3/h11-14H,4-10H2,1-3H3. The Balaban J connectivity index is 2.19. The van der Waals surface area contributed by atoms with Gasteiger partial charge in [0.2, 0.25) is 0 Å². The molecule has 17 heavy (non-hydrogen) atoms. The molecule has 0 saturated heterocycles. The lowest BCUT2D eigenvalue weighted by Gasteiger charge is -2.06. The predicted molar refractivity (Wildman–Crippen MR) is 75.4 cm³/mol. The summed E-state index contributed by atoms with van der Waals surface area (Å²) in [7, 11) is 0. The lowest BCUT2D eigenvalue weighted by Crippen LogP contribution is -1.94. The maximum absolute atomic E-state index is 4.53. The van der Waals surface area contributed by atoms with Gasteiger partial charge in [0.25, 0.3) is 0 Å². The molecule has 0 aliphatic rings. The molecule has 0 amide bonds. The Morgan fingerprint density at radius 3 is 2.29 bits per heavy atom. The molecule has 1 nitrogen and oxygen atoms in total. The van der Waals surface area contributed by atoms with Crippen molar-refractivity contribution in [2.45, 2.75) is 71.6 Å². The number of pyridine rings is 1. The van der Waals surface area contributed by atoms with E-state index in [1.165, 1.54) is 49.8 Å². The fourth-order valence-corrected chi connectivity index (χ4v) is 2.01. The maximum Gasteiger partial charge on any atom is 0.0403 e. The van der Waals surface area contributed by atoms with Gasteiger partial charge in [0.15, 0.2) is 0 Å². The Morgan fingerprint density at radius 2 is 1.71 bits per heavy atom. The van der Waals surface area contributed by atoms with Gasteiger partial charge in [-0.1, -0.05) is 58.9 Å². The number of aromatic nitrogens is 1. The molecule has 0 N–H and O–H groups in total. The van der Waals surface area contributed by atoms with E-state index in [1.54, 1.807) is 0 Å². The molecule has 0 aromatic carbocycles. The number of unbranched alkanes of at least 4 members (excludes halogenated alkanes) is 5. The minimum atomic E-state index is 0.589. The first-order valence-corrected chi connectivity index (χ1v) is 7.19. The number of hydrogen-bond acceptors (Lipinski definition) is 1. The summed E-state index contributed by atoms with van der Waals surface area (Å²) in [6.07, 6.45) is 11.3. The van der Waals surface area contributed by atoms with Gasteiger partial charge in [0, 0.05) is 11.9 Å². The van der Waals surface area contributed by atoms with Gasteiger partial charge in [-0.15, -0.1) is 0 Å². The molecule has 1 rings (SSSR count). The third kappa shape index (κ3) is 5.86. The Labute approximate surface area is 107 Å². The van der Waals surface area contributed by atoms with Gasteiger partial charge in [0.05, 0.1) is 0 Å². The van der Waals surface area contributed by atoms with Crippen LogP contribution in [-0.2, 0) is 6.42 Å². The van der Waals surface area contributed by atoms with Crippen LogP contribution in [0.1, 0.15) is 76.5 Å². The van der Waals surface area contributed by atoms with Crippen molar-refractivity contribution in [3.63, 3.8) is 0 Å². The molecule has 0 aliphatic heterocycles. The smallest absolute Gasteiger partial charge is 0.0403 e. The van der Waals surface area contributed by atoms with Crippen molar-refractivity contribution in [3.8, 4) is 0 Å². The highest BCUT2D eigenvalue weighted by Gasteiger charge is 2.00. The minimum Gasteiger partial charge on any atom is -0.261 e. The maximum atomic E-state index is 4.53. The van der Waals surface area contributed by atoms with E-state index in [0.717, 1.165) is 6.42 Å². The Bertz CT molecular complexity index is 287. The van der Waals surface area contributed by atoms with Crippen molar-refractivity contribution in [2.75, 3.05) is 0 Å². The highest BCUT2D eigenvalue weighted by Crippen LogP contribution is 2.14. The summed E-state index contributed by atoms with van der Waals surface area (Å²) in [5.41, 5.74) is 2.60. The van der Waals surface area contributed by atoms with E-state index in [-0.39, 0.29) is 0 Å². The Morgan fingerprint density at radius 1 is 1.00 bits per heavy atom. The summed E-state index contributed by atoms with van der Waals surface area (Å²) < 4.78 is 0. The number of nitrogens with zero attached hydrogens (tertiary/aromatic N) is 1. The van der Waals surface area contributed by atoms with Crippen LogP contribution in [0, 0.1) is 0 Å². The van der Waals surface area contributed by atoms with Gasteiger partial charge in [-0.25, -0.2) is 0 Å². The van der Waals surface area contributed by atoms with Gasteiger partial charge in [-0.3, -0.25) is 4.98 Å². The fraction of sp³-hybridized carbons (Fsp3) is 0.688. The van der Waals surface area contributed by atoms with Crippen LogP contribution in [0.3, 0.4) is 0 Å². The van der Waals surface area contributed by atoms with Crippen molar-refractivity contribution >= 4 is 0 Å². The van der Waals surface area contributed by atoms with E-state index < -0.39 is 0 Å². The van der Waals surface area contributed by atoms with E-state index in [4.69, 9.17) is 0 Å². The average molecular weight is 233 g/mol. The van der Waals surface area contributed by atoms with Crippen LogP contribution in [0.5, 0.6) is 0 Å². The molecule has 1 aromatic rings. The van der Waals surface area contributed by atoms with E-state index in [0.29, 0.717) is 5.92 Å². The quantitative estimate of drug-likeness (QED) is 0.569. The van der Waals surface area contributed by atoms with Crippen molar-refractivity contribution in [1.82, 2.24) is 4.98 Å². The Hall–Kier alpha value is -0.850. The molecule has 96 valence electrons. The molecule has 1 heteroatoms. The lowest BCUT2D eigenvalue weighted by molar-refractivity contribution is 0.604. The van der Waals surface area contributed by atoms with Crippen molar-refractivity contribution in [1.29, 1.82) is 0 Å². The largest absolute Gasteiger partial charge is 0.261 e. The molecule has 0 spiro atoms. The van der Waals surface area contributed by atoms with Crippen LogP contribution < -0.4 is 0 Å². The summed E-state index contributed by atoms with van der Waals surface area (Å²) in [5.74, 6) is 0.589. The average Bonchev–Trinajstić information content (AvgIpc) is 2.34. The third-order valence-corrected chi connectivity index (χ3v) is 3.30. The zero-order valence-corrected chi connectivity index (χ0v) is 11.7. The molecule has 0 unspecified atom stereocenters. The van der Waals surface area contributed by atoms with E-state index >= 15 is 0 Å². The van der Waals surface area contributed by atoms with Gasteiger partial charge >= 0.3 is 0 Å². The molecule has 0 fully saturated rings. The molecular formula is C16H27N. The van der Waals surface area contributed by atoms with Gasteiger partial charge in [-0.2, -0.15) is 0 Å². The molecule has 0 aliphatic carbocycles. The van der Waals surface area contributed by atoms with Crippen LogP contribution >= 0.6 is 0 Å². The van der Waals surface area contributed by atoms with Crippen LogP contribution in [0.4, 0.5) is 0 Å². The second-order valence-electron chi connectivity index (χ2n) is 5.26. The first kappa shape index (κ1) is 14.2. The molecule has 0 atom stereocenters. The van der Waals surface area contributed by atoms with Crippen LogP contribution in [0.25, 0.3) is 0 Å². The van der Waals surface area contributed by atoms with Crippen molar-refractivity contribution < 1.29 is 0 Å². The molecule has 0 bridgehead atoms. The molecule has 1 aromatic heterocycles. The monoisotopic (exact) mass is 233 g/mol. The summed E-state index contributed by atoms with van der Waals surface area (Å²) in [6, 6.07) is 4.42. The highest BCUT2D eigenvalue weighted by atomic mass is 14.7. The second-order valence-corrected chi connectivity index (χ2v) is 5.26. The molecule has 0 saturated carbocycles. The number of rotatable bonds is 8. The fourth-order valence-electron chi connectivity index (χ4n) is 2.01. The van der Waals surface area contributed by atoms with E-state index in [9.17, 15) is 0 Å². The predicted octanol–water partition coefficient (Wildman–Crippen LogP) is 5.11. The summed E-state index contributed by atoms with van der Waals surface area (Å²) in [6.45, 7) is 6.69. The van der Waals surface area contributed by atoms with Gasteiger partial charge < -0.3 is 0 Å². The van der Waals surface area contributed by atoms with E-state index in [2.05, 4.69) is 37.9 Å². The van der Waals surface area contributed by atoms with Crippen LogP contribution in [-0.4, -0.2) is 4.98 Å². The minimum absolute atomic E-state index is 0.589.